The Bertz CT molecular complexity index is 1250. The van der Waals surface area contributed by atoms with E-state index in [9.17, 15) is 19.2 Å². The van der Waals surface area contributed by atoms with Crippen LogP contribution >= 0.6 is 23.1 Å². The highest BCUT2D eigenvalue weighted by molar-refractivity contribution is 7.99. The van der Waals surface area contributed by atoms with E-state index in [1.807, 2.05) is 6.92 Å². The first-order valence-corrected chi connectivity index (χ1v) is 11.3. The quantitative estimate of drug-likeness (QED) is 0.380. The molecule has 0 aromatic carbocycles. The number of fused-ring (bicyclic) bond motifs is 1. The number of esters is 1. The summed E-state index contributed by atoms with van der Waals surface area (Å²) in [5, 5.41) is 5.22. The van der Waals surface area contributed by atoms with Gasteiger partial charge in [-0.25, -0.2) is 14.8 Å². The summed E-state index contributed by atoms with van der Waals surface area (Å²) in [4.78, 5) is 57.2. The van der Waals surface area contributed by atoms with Crippen molar-refractivity contribution in [2.24, 2.45) is 14.1 Å². The molecule has 0 saturated heterocycles. The van der Waals surface area contributed by atoms with Crippen LogP contribution in [0.2, 0.25) is 0 Å². The fourth-order valence-electron chi connectivity index (χ4n) is 2.92. The number of carbonyl (C=O) groups excluding carboxylic acids is 2. The number of amides is 1. The highest BCUT2D eigenvalue weighted by Gasteiger charge is 2.19. The van der Waals surface area contributed by atoms with E-state index in [-0.39, 0.29) is 29.7 Å². The molecule has 166 valence electrons. The van der Waals surface area contributed by atoms with Crippen LogP contribution in [-0.2, 0) is 41.4 Å². The van der Waals surface area contributed by atoms with E-state index in [0.29, 0.717) is 34.7 Å². The highest BCUT2D eigenvalue weighted by Crippen LogP contribution is 2.22. The summed E-state index contributed by atoms with van der Waals surface area (Å²) in [6.45, 7) is 4.34. The molecule has 11 nitrogen and oxygen atoms in total. The zero-order valence-electron chi connectivity index (χ0n) is 17.5. The SMILES string of the molecule is CCOC(=O)Cc1csc(NC(=O)CSc2nc3c(c(=O)n(C)c(=O)n3C)n2CC)n1. The van der Waals surface area contributed by atoms with Crippen LogP contribution in [0.4, 0.5) is 5.13 Å². The van der Waals surface area contributed by atoms with E-state index in [2.05, 4.69) is 15.3 Å². The number of nitrogens with one attached hydrogen (secondary N) is 1. The van der Waals surface area contributed by atoms with Crippen molar-refractivity contribution in [3.05, 3.63) is 31.9 Å². The number of ether oxygens (including phenoxy) is 1. The average molecular weight is 467 g/mol. The van der Waals surface area contributed by atoms with Crippen LogP contribution in [0.3, 0.4) is 0 Å². The number of rotatable bonds is 8. The first kappa shape index (κ1) is 22.7. The molecular weight excluding hydrogens is 444 g/mol. The normalized spacial score (nSPS) is 11.1. The second-order valence-electron chi connectivity index (χ2n) is 6.48. The number of aryl methyl sites for hydroxylation is 2. The van der Waals surface area contributed by atoms with Gasteiger partial charge in [-0.3, -0.25) is 23.5 Å². The molecule has 1 amide bonds. The lowest BCUT2D eigenvalue weighted by atomic mass is 10.3. The average Bonchev–Trinajstić information content (AvgIpc) is 3.33. The number of hydrogen-bond acceptors (Lipinski definition) is 9. The highest BCUT2D eigenvalue weighted by atomic mass is 32.2. The van der Waals surface area contributed by atoms with Crippen molar-refractivity contribution in [2.75, 3.05) is 17.7 Å². The Labute approximate surface area is 185 Å². The van der Waals surface area contributed by atoms with Gasteiger partial charge in [-0.1, -0.05) is 11.8 Å². The molecule has 3 aromatic heterocycles. The molecule has 0 spiro atoms. The predicted molar refractivity (Wildman–Crippen MR) is 118 cm³/mol. The van der Waals surface area contributed by atoms with Gasteiger partial charge in [0.25, 0.3) is 5.56 Å². The zero-order valence-corrected chi connectivity index (χ0v) is 19.1. The number of thiazole rings is 1. The number of nitrogens with zero attached hydrogens (tertiary/aromatic N) is 5. The number of anilines is 1. The summed E-state index contributed by atoms with van der Waals surface area (Å²) < 4.78 is 8.92. The van der Waals surface area contributed by atoms with Crippen LogP contribution in [0.5, 0.6) is 0 Å². The Hall–Kier alpha value is -2.93. The molecule has 31 heavy (non-hydrogen) atoms. The van der Waals surface area contributed by atoms with Crippen molar-refractivity contribution in [2.45, 2.75) is 32.0 Å². The summed E-state index contributed by atoms with van der Waals surface area (Å²) in [5.41, 5.74) is 0.228. The van der Waals surface area contributed by atoms with Crippen LogP contribution in [0.1, 0.15) is 19.5 Å². The van der Waals surface area contributed by atoms with E-state index < -0.39 is 11.2 Å². The van der Waals surface area contributed by atoms with Gasteiger partial charge >= 0.3 is 11.7 Å². The van der Waals surface area contributed by atoms with Gasteiger partial charge in [-0.05, 0) is 13.8 Å². The first-order chi connectivity index (χ1) is 14.8. The number of imidazole rings is 1. The molecule has 0 aliphatic carbocycles. The van der Waals surface area contributed by atoms with Crippen LogP contribution in [-0.4, -0.2) is 47.9 Å². The lowest BCUT2D eigenvalue weighted by Gasteiger charge is -2.06. The number of aromatic nitrogens is 5. The molecule has 0 atom stereocenters. The molecule has 3 aromatic rings. The Morgan fingerprint density at radius 1 is 1.19 bits per heavy atom. The summed E-state index contributed by atoms with van der Waals surface area (Å²) in [6.07, 6.45) is 0.0448. The first-order valence-electron chi connectivity index (χ1n) is 9.45. The Morgan fingerprint density at radius 2 is 1.94 bits per heavy atom. The molecule has 0 fully saturated rings. The molecule has 3 heterocycles. The molecule has 13 heteroatoms. The Kier molecular flexibility index (Phi) is 6.95. The standard InChI is InChI=1S/C18H22N6O5S2/c1-5-24-13-14(22(3)18(28)23(4)15(13)27)21-17(24)31-9-11(25)20-16-19-10(8-30-16)7-12(26)29-6-2/h8H,5-7,9H2,1-4H3,(H,19,20,25). The third kappa shape index (κ3) is 4.71. The molecular formula is C18H22N6O5S2. The molecule has 0 bridgehead atoms. The molecule has 0 radical (unpaired) electrons. The maximum absolute atomic E-state index is 12.6. The van der Waals surface area contributed by atoms with Crippen molar-refractivity contribution in [1.82, 2.24) is 23.7 Å². The van der Waals surface area contributed by atoms with Crippen LogP contribution < -0.4 is 16.6 Å². The van der Waals surface area contributed by atoms with Crippen LogP contribution in [0.25, 0.3) is 11.2 Å². The fraction of sp³-hybridized carbons (Fsp3) is 0.444. The number of hydrogen-bond donors (Lipinski definition) is 1. The summed E-state index contributed by atoms with van der Waals surface area (Å²) in [5.74, 6) is -0.650. The minimum Gasteiger partial charge on any atom is -0.466 e. The topological polar surface area (TPSA) is 130 Å². The summed E-state index contributed by atoms with van der Waals surface area (Å²) in [7, 11) is 2.97. The van der Waals surface area contributed by atoms with Gasteiger partial charge in [-0.2, -0.15) is 0 Å². The zero-order chi connectivity index (χ0) is 22.7. The van der Waals surface area contributed by atoms with Gasteiger partial charge in [0.15, 0.2) is 21.5 Å². The maximum Gasteiger partial charge on any atom is 0.332 e. The van der Waals surface area contributed by atoms with E-state index in [1.165, 1.54) is 23.0 Å². The van der Waals surface area contributed by atoms with Crippen LogP contribution in [0.15, 0.2) is 20.1 Å². The van der Waals surface area contributed by atoms with E-state index in [4.69, 9.17) is 4.74 Å². The lowest BCUT2D eigenvalue weighted by Crippen LogP contribution is -2.37. The largest absolute Gasteiger partial charge is 0.466 e. The van der Waals surface area contributed by atoms with Crippen molar-refractivity contribution >= 4 is 51.3 Å². The van der Waals surface area contributed by atoms with Crippen LogP contribution in [0, 0.1) is 0 Å². The second-order valence-corrected chi connectivity index (χ2v) is 8.28. The molecule has 0 saturated carbocycles. The molecule has 0 unspecified atom stereocenters. The Balaban J connectivity index is 1.72. The minimum absolute atomic E-state index is 0.0321. The molecule has 1 N–H and O–H groups in total. The summed E-state index contributed by atoms with van der Waals surface area (Å²) in [6, 6.07) is 0. The van der Waals surface area contributed by atoms with Gasteiger partial charge in [-0.15, -0.1) is 11.3 Å². The van der Waals surface area contributed by atoms with Gasteiger partial charge in [0.1, 0.15) is 0 Å². The Morgan fingerprint density at radius 3 is 2.61 bits per heavy atom. The minimum atomic E-state index is -0.463. The third-order valence-electron chi connectivity index (χ3n) is 4.39. The van der Waals surface area contributed by atoms with Crippen molar-refractivity contribution in [3.8, 4) is 0 Å². The third-order valence-corrected chi connectivity index (χ3v) is 6.17. The lowest BCUT2D eigenvalue weighted by molar-refractivity contribution is -0.142. The second kappa shape index (κ2) is 9.47. The summed E-state index contributed by atoms with van der Waals surface area (Å²) >= 11 is 2.37. The molecule has 3 rings (SSSR count). The van der Waals surface area contributed by atoms with Gasteiger partial charge < -0.3 is 14.6 Å². The van der Waals surface area contributed by atoms with E-state index in [0.717, 1.165) is 16.3 Å². The van der Waals surface area contributed by atoms with Gasteiger partial charge in [0.2, 0.25) is 5.91 Å². The van der Waals surface area contributed by atoms with Crippen molar-refractivity contribution in [1.29, 1.82) is 0 Å². The van der Waals surface area contributed by atoms with Gasteiger partial charge in [0.05, 0.1) is 24.5 Å². The maximum atomic E-state index is 12.6. The fourth-order valence-corrected chi connectivity index (χ4v) is 4.51. The van der Waals surface area contributed by atoms with Crippen molar-refractivity contribution in [3.63, 3.8) is 0 Å². The molecule has 0 aliphatic rings. The van der Waals surface area contributed by atoms with Crippen molar-refractivity contribution < 1.29 is 14.3 Å². The van der Waals surface area contributed by atoms with E-state index >= 15 is 0 Å². The van der Waals surface area contributed by atoms with Gasteiger partial charge in [0, 0.05) is 26.0 Å². The predicted octanol–water partition coefficient (Wildman–Crippen LogP) is 0.746. The molecule has 0 aliphatic heterocycles. The number of carbonyl (C=O) groups is 2. The smallest absolute Gasteiger partial charge is 0.332 e. The van der Waals surface area contributed by atoms with E-state index in [1.54, 1.807) is 23.9 Å². The number of thioether (sulfide) groups is 1. The monoisotopic (exact) mass is 466 g/mol.